The summed E-state index contributed by atoms with van der Waals surface area (Å²) in [6, 6.07) is 11.0. The van der Waals surface area contributed by atoms with Crippen LogP contribution in [-0.2, 0) is 13.0 Å². The van der Waals surface area contributed by atoms with Gasteiger partial charge in [0.15, 0.2) is 0 Å². The van der Waals surface area contributed by atoms with Crippen molar-refractivity contribution in [3.63, 3.8) is 0 Å². The average Bonchev–Trinajstić information content (AvgIpc) is 2.67. The van der Waals surface area contributed by atoms with Crippen molar-refractivity contribution in [1.29, 1.82) is 0 Å². The molecule has 0 saturated heterocycles. The van der Waals surface area contributed by atoms with Gasteiger partial charge in [-0.1, -0.05) is 31.2 Å². The maximum absolute atomic E-state index is 12.4. The molecule has 1 atom stereocenters. The number of hydrogen-bond acceptors (Lipinski definition) is 6. The fourth-order valence-corrected chi connectivity index (χ4v) is 2.69. The zero-order chi connectivity index (χ0) is 20.7. The van der Waals surface area contributed by atoms with E-state index in [2.05, 4.69) is 10.6 Å². The van der Waals surface area contributed by atoms with Gasteiger partial charge < -0.3 is 30.9 Å². The highest BCUT2D eigenvalue weighted by atomic mass is 16.4. The molecule has 0 heterocycles. The van der Waals surface area contributed by atoms with E-state index in [1.807, 2.05) is 6.92 Å². The number of carboxylic acids is 1. The maximum atomic E-state index is 12.4. The monoisotopic (exact) mass is 386 g/mol. The van der Waals surface area contributed by atoms with Crippen LogP contribution in [0.5, 0.6) is 5.75 Å². The number of nitrogens with one attached hydrogen (secondary N) is 2. The molecule has 1 amide bonds. The van der Waals surface area contributed by atoms with Gasteiger partial charge in [-0.15, -0.1) is 0 Å². The van der Waals surface area contributed by atoms with Crippen molar-refractivity contribution >= 4 is 19.0 Å². The largest absolute Gasteiger partial charge is 0.507 e. The van der Waals surface area contributed by atoms with E-state index < -0.39 is 30.7 Å². The summed E-state index contributed by atoms with van der Waals surface area (Å²) in [4.78, 5) is 23.5. The van der Waals surface area contributed by atoms with Crippen LogP contribution >= 0.6 is 0 Å². The topological polar surface area (TPSA) is 139 Å². The summed E-state index contributed by atoms with van der Waals surface area (Å²) in [6.07, 6.45) is -0.158. The van der Waals surface area contributed by atoms with Crippen molar-refractivity contribution in [3.05, 3.63) is 64.7 Å². The van der Waals surface area contributed by atoms with Gasteiger partial charge in [-0.25, -0.2) is 4.79 Å². The molecule has 8 nitrogen and oxygen atoms in total. The summed E-state index contributed by atoms with van der Waals surface area (Å²) in [6.45, 7) is 3.50. The number of benzene rings is 2. The summed E-state index contributed by atoms with van der Waals surface area (Å²) >= 11 is 0. The molecule has 9 heteroatoms. The second-order valence-corrected chi connectivity index (χ2v) is 6.29. The van der Waals surface area contributed by atoms with Crippen LogP contribution in [0.15, 0.2) is 42.5 Å². The van der Waals surface area contributed by atoms with Crippen LogP contribution in [0.1, 0.15) is 38.8 Å². The highest BCUT2D eigenvalue weighted by Crippen LogP contribution is 2.24. The Labute approximate surface area is 163 Å². The lowest BCUT2D eigenvalue weighted by molar-refractivity contribution is 0.0693. The molecule has 0 fully saturated rings. The Bertz CT molecular complexity index is 826. The van der Waals surface area contributed by atoms with Crippen LogP contribution in [0, 0.1) is 0 Å². The van der Waals surface area contributed by atoms with Crippen LogP contribution in [0.3, 0.4) is 0 Å². The van der Waals surface area contributed by atoms with Crippen molar-refractivity contribution < 1.29 is 29.9 Å². The van der Waals surface area contributed by atoms with Gasteiger partial charge in [0, 0.05) is 12.1 Å². The number of carboxylic acid groups (broad SMARTS) is 1. The molecule has 0 spiro atoms. The number of carbonyl (C=O) groups excluding carboxylic acids is 1. The van der Waals surface area contributed by atoms with E-state index in [4.69, 9.17) is 5.11 Å². The summed E-state index contributed by atoms with van der Waals surface area (Å²) in [5, 5.41) is 44.1. The molecule has 0 aliphatic rings. The molecule has 1 unspecified atom stereocenters. The van der Waals surface area contributed by atoms with Crippen molar-refractivity contribution in [3.8, 4) is 5.75 Å². The summed E-state index contributed by atoms with van der Waals surface area (Å²) < 4.78 is 0. The highest BCUT2D eigenvalue weighted by Gasteiger charge is 2.28. The molecule has 148 valence electrons. The number of hydrogen-bond donors (Lipinski definition) is 6. The summed E-state index contributed by atoms with van der Waals surface area (Å²) in [5.74, 6) is -3.42. The van der Waals surface area contributed by atoms with E-state index >= 15 is 0 Å². The SMILES string of the molecule is CCNCc1ccc(C(=O)NC(Cc2cccc(C(=O)O)c2O)B(O)O)cc1. The molecule has 0 aliphatic heterocycles. The summed E-state index contributed by atoms with van der Waals surface area (Å²) in [5.41, 5.74) is 1.23. The molecule has 0 radical (unpaired) electrons. The Balaban J connectivity index is 2.12. The third kappa shape index (κ3) is 5.56. The minimum absolute atomic E-state index is 0.158. The number of phenols is 1. The van der Waals surface area contributed by atoms with Crippen LogP contribution in [0.4, 0.5) is 0 Å². The molecular formula is C19H23BN2O6. The third-order valence-corrected chi connectivity index (χ3v) is 4.26. The van der Waals surface area contributed by atoms with Gasteiger partial charge >= 0.3 is 13.1 Å². The molecule has 0 saturated carbocycles. The van der Waals surface area contributed by atoms with E-state index in [1.165, 1.54) is 18.2 Å². The van der Waals surface area contributed by atoms with Crippen LogP contribution in [0.25, 0.3) is 0 Å². The van der Waals surface area contributed by atoms with E-state index in [0.717, 1.165) is 12.1 Å². The van der Waals surface area contributed by atoms with E-state index in [0.29, 0.717) is 12.1 Å². The Morgan fingerprint density at radius 1 is 1.11 bits per heavy atom. The number of amides is 1. The molecule has 28 heavy (non-hydrogen) atoms. The van der Waals surface area contributed by atoms with Crippen molar-refractivity contribution in [1.82, 2.24) is 10.6 Å². The fraction of sp³-hybridized carbons (Fsp3) is 0.263. The molecule has 0 aromatic heterocycles. The Hall–Kier alpha value is -2.88. The standard InChI is InChI=1S/C19H23BN2O6/c1-2-21-11-12-6-8-13(9-7-12)18(24)22-16(20(27)28)10-14-4-3-5-15(17(14)23)19(25)26/h3-9,16,21,23,27-28H,2,10-11H2,1H3,(H,22,24)(H,25,26). The van der Waals surface area contributed by atoms with E-state index in [-0.39, 0.29) is 17.5 Å². The zero-order valence-electron chi connectivity index (χ0n) is 15.4. The molecule has 0 aliphatic carbocycles. The van der Waals surface area contributed by atoms with Gasteiger partial charge in [0.05, 0.1) is 5.94 Å². The zero-order valence-corrected chi connectivity index (χ0v) is 15.4. The smallest absolute Gasteiger partial charge is 0.475 e. The van der Waals surface area contributed by atoms with Crippen LogP contribution in [0.2, 0.25) is 0 Å². The van der Waals surface area contributed by atoms with Gasteiger partial charge in [0.1, 0.15) is 11.3 Å². The van der Waals surface area contributed by atoms with Crippen molar-refractivity contribution in [2.75, 3.05) is 6.54 Å². The highest BCUT2D eigenvalue weighted by molar-refractivity contribution is 6.43. The predicted molar refractivity (Wildman–Crippen MR) is 104 cm³/mol. The van der Waals surface area contributed by atoms with Crippen molar-refractivity contribution in [2.24, 2.45) is 0 Å². The molecule has 2 rings (SSSR count). The first-order valence-electron chi connectivity index (χ1n) is 8.84. The van der Waals surface area contributed by atoms with Gasteiger partial charge in [0.2, 0.25) is 0 Å². The number of aromatic carboxylic acids is 1. The first-order valence-corrected chi connectivity index (χ1v) is 8.84. The second kappa shape index (κ2) is 9.89. The number of carbonyl (C=O) groups is 2. The molecule has 2 aromatic carbocycles. The first kappa shape index (κ1) is 21.4. The second-order valence-electron chi connectivity index (χ2n) is 6.29. The van der Waals surface area contributed by atoms with Crippen LogP contribution < -0.4 is 10.6 Å². The lowest BCUT2D eigenvalue weighted by atomic mass is 9.75. The molecular weight excluding hydrogens is 363 g/mol. The normalized spacial score (nSPS) is 11.7. The Morgan fingerprint density at radius 2 is 1.79 bits per heavy atom. The molecule has 6 N–H and O–H groups in total. The minimum Gasteiger partial charge on any atom is -0.507 e. The summed E-state index contributed by atoms with van der Waals surface area (Å²) in [7, 11) is -1.90. The molecule has 0 bridgehead atoms. The third-order valence-electron chi connectivity index (χ3n) is 4.26. The lowest BCUT2D eigenvalue weighted by Crippen LogP contribution is -2.47. The van der Waals surface area contributed by atoms with Gasteiger partial charge in [-0.05, 0) is 42.3 Å². The number of para-hydroxylation sites is 1. The van der Waals surface area contributed by atoms with E-state index in [9.17, 15) is 24.7 Å². The van der Waals surface area contributed by atoms with Gasteiger partial charge in [-0.2, -0.15) is 0 Å². The Morgan fingerprint density at radius 3 is 2.36 bits per heavy atom. The van der Waals surface area contributed by atoms with Crippen LogP contribution in [-0.4, -0.2) is 51.7 Å². The fourth-order valence-electron chi connectivity index (χ4n) is 2.69. The maximum Gasteiger partial charge on any atom is 0.475 e. The number of aromatic hydroxyl groups is 1. The average molecular weight is 386 g/mol. The Kier molecular flexibility index (Phi) is 7.56. The molecule has 2 aromatic rings. The van der Waals surface area contributed by atoms with Gasteiger partial charge in [0.25, 0.3) is 5.91 Å². The quantitative estimate of drug-likeness (QED) is 0.346. The van der Waals surface area contributed by atoms with Gasteiger partial charge in [-0.3, -0.25) is 4.79 Å². The van der Waals surface area contributed by atoms with E-state index in [1.54, 1.807) is 24.3 Å². The van der Waals surface area contributed by atoms with Crippen molar-refractivity contribution in [2.45, 2.75) is 25.8 Å². The predicted octanol–water partition coefficient (Wildman–Crippen LogP) is 0.553. The first-order chi connectivity index (χ1) is 13.3. The minimum atomic E-state index is -1.90. The number of rotatable bonds is 9. The lowest BCUT2D eigenvalue weighted by Gasteiger charge is -2.19.